The Balaban J connectivity index is 0.000000254. The zero-order valence-corrected chi connectivity index (χ0v) is 41.1. The molecule has 6 aromatic rings. The molecule has 0 aliphatic heterocycles. The quantitative estimate of drug-likeness (QED) is 0.0460. The van der Waals surface area contributed by atoms with Crippen LogP contribution in [0.1, 0.15) is 93.4 Å². The van der Waals surface area contributed by atoms with Crippen molar-refractivity contribution in [2.24, 2.45) is 0 Å². The third kappa shape index (κ3) is 11.6. The summed E-state index contributed by atoms with van der Waals surface area (Å²) in [5.41, 5.74) is 16.7. The van der Waals surface area contributed by atoms with Gasteiger partial charge in [0, 0.05) is 57.2 Å². The summed E-state index contributed by atoms with van der Waals surface area (Å²) in [4.78, 5) is 26.7. The molecule has 1 N–H and O–H groups in total. The number of Topliss-reactive ketones (excluding diaryl/α,β-unsaturated/α-hetero) is 2. The van der Waals surface area contributed by atoms with E-state index >= 15 is 0 Å². The third-order valence-corrected chi connectivity index (χ3v) is 14.6. The molecule has 0 amide bonds. The molecule has 1 atom stereocenters. The van der Waals surface area contributed by atoms with Crippen molar-refractivity contribution in [1.82, 2.24) is 0 Å². The molecule has 11 nitrogen and oxygen atoms in total. The molecule has 0 saturated carbocycles. The Hall–Kier alpha value is -7.22. The van der Waals surface area contributed by atoms with Crippen LogP contribution in [0.25, 0.3) is 17.7 Å². The highest BCUT2D eigenvalue weighted by molar-refractivity contribution is 7.91. The van der Waals surface area contributed by atoms with Crippen LogP contribution < -0.4 is 9.47 Å². The maximum atomic E-state index is 11.8. The van der Waals surface area contributed by atoms with Crippen LogP contribution >= 0.6 is 0 Å². The average molecular weight is 976 g/mol. The summed E-state index contributed by atoms with van der Waals surface area (Å²) in [6, 6.07) is 42.9. The van der Waals surface area contributed by atoms with Gasteiger partial charge in [-0.05, 0) is 82.8 Å². The minimum Gasteiger partial charge on any atom is -1.00 e. The monoisotopic (exact) mass is 975 g/mol. The van der Waals surface area contributed by atoms with Crippen LogP contribution in [0.2, 0.25) is 0 Å². The van der Waals surface area contributed by atoms with Gasteiger partial charge in [-0.1, -0.05) is 137 Å². The molecule has 0 fully saturated rings. The molecule has 4 radical (unpaired) electrons. The Labute approximate surface area is 413 Å². The van der Waals surface area contributed by atoms with E-state index in [9.17, 15) is 31.5 Å². The lowest BCUT2D eigenvalue weighted by atomic mass is 9.70. The predicted octanol–water partition coefficient (Wildman–Crippen LogP) is 9.96. The van der Waals surface area contributed by atoms with Crippen LogP contribution in [0.15, 0.2) is 168 Å². The lowest BCUT2D eigenvalue weighted by Crippen LogP contribution is -2.26. The first-order chi connectivity index (χ1) is 32.2. The highest BCUT2D eigenvalue weighted by Gasteiger charge is 2.33. The molecule has 360 valence electrons. The number of aliphatic hydroxyl groups excluding tert-OH is 1. The van der Waals surface area contributed by atoms with E-state index < -0.39 is 25.5 Å². The Morgan fingerprint density at radius 3 is 1.34 bits per heavy atom. The number of fused-ring (bicyclic) bond motifs is 2. The molecule has 6 aromatic carbocycles. The number of hydrogen-bond acceptors (Lipinski definition) is 9. The van der Waals surface area contributed by atoms with Gasteiger partial charge in [0.2, 0.25) is 0 Å². The molecule has 0 spiro atoms. The maximum absolute atomic E-state index is 11.8. The van der Waals surface area contributed by atoms with Crippen molar-refractivity contribution in [1.29, 1.82) is 0 Å². The van der Waals surface area contributed by atoms with E-state index in [0.717, 1.165) is 29.6 Å². The summed E-state index contributed by atoms with van der Waals surface area (Å²) in [5, 5.41) is 9.53. The van der Waals surface area contributed by atoms with Gasteiger partial charge >= 0.3 is 5.71 Å². The van der Waals surface area contributed by atoms with E-state index in [1.54, 1.807) is 38.5 Å². The Bertz CT molecular complexity index is 3200. The minimum absolute atomic E-state index is 0. The van der Waals surface area contributed by atoms with Crippen LogP contribution in [-0.4, -0.2) is 79.2 Å². The van der Waals surface area contributed by atoms with Crippen LogP contribution in [-0.2, 0) is 37.1 Å². The molecular weight excluding hydrogens is 920 g/mol. The highest BCUT2D eigenvalue weighted by Crippen LogP contribution is 2.41. The van der Waals surface area contributed by atoms with Gasteiger partial charge < -0.3 is 28.5 Å². The van der Waals surface area contributed by atoms with Crippen LogP contribution in [0.3, 0.4) is 0 Å². The number of carbonyl (C=O) groups is 2. The fourth-order valence-corrected chi connectivity index (χ4v) is 9.93. The average Bonchev–Trinajstić information content (AvgIpc) is 3.34. The molecule has 0 heterocycles. The van der Waals surface area contributed by atoms with Crippen molar-refractivity contribution < 1.29 is 45.8 Å². The summed E-state index contributed by atoms with van der Waals surface area (Å²) >= 11 is 0. The van der Waals surface area contributed by atoms with Gasteiger partial charge in [-0.3, -0.25) is 9.59 Å². The van der Waals surface area contributed by atoms with E-state index in [1.807, 2.05) is 36.4 Å². The number of sulfone groups is 2. The smallest absolute Gasteiger partial charge is 0.362 e. The van der Waals surface area contributed by atoms with E-state index in [2.05, 4.69) is 92.8 Å². The number of carbonyl (C=O) groups excluding carboxylic acids is 2. The van der Waals surface area contributed by atoms with Crippen molar-refractivity contribution in [3.05, 3.63) is 219 Å². The van der Waals surface area contributed by atoms with E-state index in [-0.39, 0.29) is 60.1 Å². The molecule has 14 heteroatoms. The molecule has 70 heavy (non-hydrogen) atoms. The van der Waals surface area contributed by atoms with E-state index in [4.69, 9.17) is 15.0 Å². The highest BCUT2D eigenvalue weighted by atomic mass is 32.2. The Morgan fingerprint density at radius 1 is 0.571 bits per heavy atom. The fraction of sp³-hybridized carbons (Fsp3) is 0.196. The molecule has 2 aliphatic carbocycles. The first-order valence-electron chi connectivity index (χ1n) is 21.3. The third-order valence-electron chi connectivity index (χ3n) is 12.3. The number of hydrogen-bond donors (Lipinski definition) is 1. The number of nitrogens with zero attached hydrogens (tertiary/aromatic N) is 2. The van der Waals surface area contributed by atoms with Crippen molar-refractivity contribution in [2.45, 2.75) is 55.4 Å². The number of aliphatic hydroxyl groups is 1. The van der Waals surface area contributed by atoms with E-state index in [0.29, 0.717) is 22.3 Å². The second-order valence-electron chi connectivity index (χ2n) is 17.0. The standard InChI is InChI=1S/C32H34O3.C12H10O3S.C11H8N2O3S.CH4.B/c1-31(2,25-14-18-29(34-4)19-15-25)24-10-12-27(13-11-24)32(3,26-8-6-23(22-33)7-9-26)28-16-20-30(35-5)21-17-28;1-8-6-7-9-10(12(8)13)4-3-5-11(9)16(2,14)15;1-17(15,16)10-4-2-3-8-7(10)5-6-9(13-12)11(8)14;;/h6-21,33H,22H2,1-5H3;3-7H,1H2,2H3;2-6H,1H3;1H4;/q;;;;-1. The minimum atomic E-state index is -3.40. The van der Waals surface area contributed by atoms with E-state index in [1.165, 1.54) is 64.2 Å². The summed E-state index contributed by atoms with van der Waals surface area (Å²) in [6.45, 7) is 10.4. The van der Waals surface area contributed by atoms with Crippen molar-refractivity contribution >= 4 is 57.5 Å². The summed E-state index contributed by atoms with van der Waals surface area (Å²) in [5.74, 6) is 0.990. The molecule has 2 aliphatic rings. The van der Waals surface area contributed by atoms with Crippen LogP contribution in [0.4, 0.5) is 0 Å². The fourth-order valence-electron chi connectivity index (χ4n) is 8.12. The number of rotatable bonds is 10. The molecule has 8 rings (SSSR count). The Morgan fingerprint density at radius 2 is 0.943 bits per heavy atom. The van der Waals surface area contributed by atoms with Gasteiger partial charge in [-0.15, -0.1) is 0 Å². The SMILES string of the molecule is C.C=C1C=Cc2c(cccc2S(C)(=O)=O)C1=O.COc1ccc(C(C)(C)c2ccc(C(C)(c3ccc(CO)cc3)c3ccc(OC)cc3)cc2)cc1.CS(=O)(=O)c1cccc2c1C=CC(=[N+]=[N-])C2=O.[B-]. The van der Waals surface area contributed by atoms with Gasteiger partial charge in [-0.2, -0.15) is 4.79 Å². The predicted molar refractivity (Wildman–Crippen MR) is 279 cm³/mol. The molecule has 0 bridgehead atoms. The summed E-state index contributed by atoms with van der Waals surface area (Å²) in [7, 11) is -3.34. The summed E-state index contributed by atoms with van der Waals surface area (Å²) < 4.78 is 56.9. The van der Waals surface area contributed by atoms with Gasteiger partial charge in [-0.25, -0.2) is 16.8 Å². The van der Waals surface area contributed by atoms with Gasteiger partial charge in [0.15, 0.2) is 25.5 Å². The molecule has 1 unspecified atom stereocenters. The number of benzene rings is 6. The van der Waals surface area contributed by atoms with Crippen molar-refractivity contribution in [3.63, 3.8) is 0 Å². The topological polar surface area (TPSA) is 178 Å². The number of ether oxygens (including phenoxy) is 2. The van der Waals surface area contributed by atoms with Crippen molar-refractivity contribution in [2.75, 3.05) is 26.7 Å². The number of allylic oxidation sites excluding steroid dienone is 3. The number of ketones is 2. The normalized spacial score (nSPS) is 13.5. The summed E-state index contributed by atoms with van der Waals surface area (Å²) in [6.07, 6.45) is 8.12. The van der Waals surface area contributed by atoms with Crippen LogP contribution in [0.5, 0.6) is 11.5 Å². The maximum Gasteiger partial charge on any atom is 0.362 e. The Kier molecular flexibility index (Phi) is 17.8. The largest absolute Gasteiger partial charge is 1.00 e. The first-order valence-corrected chi connectivity index (χ1v) is 25.1. The van der Waals surface area contributed by atoms with Gasteiger partial charge in [0.05, 0.1) is 30.6 Å². The van der Waals surface area contributed by atoms with Gasteiger partial charge in [0.25, 0.3) is 5.78 Å². The van der Waals surface area contributed by atoms with Gasteiger partial charge in [0.1, 0.15) is 11.5 Å². The number of methoxy groups -OCH3 is 2. The lowest BCUT2D eigenvalue weighted by molar-refractivity contribution is -0.00436. The molecule has 0 aromatic heterocycles. The lowest BCUT2D eigenvalue weighted by Gasteiger charge is -2.33. The second-order valence-corrected chi connectivity index (χ2v) is 20.9. The first kappa shape index (κ1) is 55.4. The van der Waals surface area contributed by atoms with Crippen LogP contribution in [0, 0.1) is 0 Å². The second kappa shape index (κ2) is 22.5. The molecule has 0 saturated heterocycles. The van der Waals surface area contributed by atoms with Crippen molar-refractivity contribution in [3.8, 4) is 11.5 Å². The molecular formula is C56H56BN2O9S2-. The zero-order chi connectivity index (χ0) is 49.6. The zero-order valence-electron chi connectivity index (χ0n) is 39.4.